The van der Waals surface area contributed by atoms with Crippen LogP contribution in [0.1, 0.15) is 44.1 Å². The summed E-state index contributed by atoms with van der Waals surface area (Å²) >= 11 is 14.5. The highest BCUT2D eigenvalue weighted by Crippen LogP contribution is 2.53. The fourth-order valence-corrected chi connectivity index (χ4v) is 5.70. The van der Waals surface area contributed by atoms with Gasteiger partial charge in [0.1, 0.15) is 0 Å². The standard InChI is InChI=1S/C17H21Cl2NOS/c1-3-15(20-21-2)17-12(9-11-5-7-16(17)22-11)10-4-6-13(18)14(19)8-10/h4,6,8,11-12,16,20H,3,5,7,9H2,1-2H3/t11?,12-,16+/m0/s1. The van der Waals surface area contributed by atoms with Crippen molar-refractivity contribution in [3.05, 3.63) is 45.1 Å². The van der Waals surface area contributed by atoms with E-state index in [1.807, 2.05) is 12.1 Å². The highest BCUT2D eigenvalue weighted by Gasteiger charge is 2.40. The molecule has 0 spiro atoms. The normalized spacial score (nSPS) is 29.5. The lowest BCUT2D eigenvalue weighted by molar-refractivity contribution is 0.114. The third-order valence-corrected chi connectivity index (χ3v) is 6.97. The zero-order valence-electron chi connectivity index (χ0n) is 12.9. The van der Waals surface area contributed by atoms with Crippen LogP contribution in [0.2, 0.25) is 10.0 Å². The number of rotatable bonds is 4. The molecule has 0 saturated carbocycles. The molecule has 2 fully saturated rings. The Morgan fingerprint density at radius 1 is 1.32 bits per heavy atom. The topological polar surface area (TPSA) is 21.3 Å². The molecule has 5 heteroatoms. The Balaban J connectivity index is 2.04. The molecule has 0 radical (unpaired) electrons. The Morgan fingerprint density at radius 2 is 2.14 bits per heavy atom. The Hall–Kier alpha value is -0.350. The molecule has 2 saturated heterocycles. The highest BCUT2D eigenvalue weighted by molar-refractivity contribution is 8.01. The Bertz CT molecular complexity index is 590. The van der Waals surface area contributed by atoms with Gasteiger partial charge in [-0.2, -0.15) is 11.8 Å². The third kappa shape index (κ3) is 3.14. The van der Waals surface area contributed by atoms with Crippen molar-refractivity contribution in [3.63, 3.8) is 0 Å². The number of hydroxylamine groups is 1. The third-order valence-electron chi connectivity index (χ3n) is 4.60. The monoisotopic (exact) mass is 357 g/mol. The van der Waals surface area contributed by atoms with Gasteiger partial charge in [-0.25, -0.2) is 0 Å². The minimum Gasteiger partial charge on any atom is -0.280 e. The van der Waals surface area contributed by atoms with Crippen molar-refractivity contribution >= 4 is 35.0 Å². The summed E-state index contributed by atoms with van der Waals surface area (Å²) in [5.74, 6) is 0.408. The quantitative estimate of drug-likeness (QED) is 0.712. The molecule has 120 valence electrons. The van der Waals surface area contributed by atoms with Crippen LogP contribution < -0.4 is 5.48 Å². The molecule has 1 aromatic carbocycles. The first kappa shape index (κ1) is 16.5. The van der Waals surface area contributed by atoms with E-state index in [2.05, 4.69) is 30.2 Å². The molecule has 0 amide bonds. The van der Waals surface area contributed by atoms with Crippen molar-refractivity contribution < 1.29 is 4.84 Å². The number of allylic oxidation sites excluding steroid dienone is 1. The minimum atomic E-state index is 0.408. The molecule has 2 aliphatic heterocycles. The van der Waals surface area contributed by atoms with Crippen LogP contribution in [0.5, 0.6) is 0 Å². The van der Waals surface area contributed by atoms with Gasteiger partial charge in [0, 0.05) is 22.1 Å². The van der Waals surface area contributed by atoms with Crippen molar-refractivity contribution in [2.45, 2.75) is 49.0 Å². The van der Waals surface area contributed by atoms with Crippen molar-refractivity contribution in [1.82, 2.24) is 5.48 Å². The summed E-state index contributed by atoms with van der Waals surface area (Å²) in [6.07, 6.45) is 4.68. The molecule has 2 heterocycles. The number of halogens is 2. The second-order valence-electron chi connectivity index (χ2n) is 5.88. The second kappa shape index (κ2) is 7.04. The average Bonchev–Trinajstić information content (AvgIpc) is 2.90. The van der Waals surface area contributed by atoms with Crippen molar-refractivity contribution in [2.75, 3.05) is 7.11 Å². The van der Waals surface area contributed by atoms with E-state index < -0.39 is 0 Å². The van der Waals surface area contributed by atoms with Gasteiger partial charge in [0.2, 0.25) is 0 Å². The maximum atomic E-state index is 6.25. The summed E-state index contributed by atoms with van der Waals surface area (Å²) in [5.41, 5.74) is 7.09. The zero-order chi connectivity index (χ0) is 15.7. The van der Waals surface area contributed by atoms with E-state index in [1.54, 1.807) is 7.11 Å². The lowest BCUT2D eigenvalue weighted by atomic mass is 9.85. The van der Waals surface area contributed by atoms with Gasteiger partial charge in [0.15, 0.2) is 0 Å². The van der Waals surface area contributed by atoms with Crippen molar-refractivity contribution in [2.24, 2.45) is 0 Å². The van der Waals surface area contributed by atoms with Crippen LogP contribution >= 0.6 is 35.0 Å². The number of benzene rings is 1. The molecule has 0 aromatic heterocycles. The lowest BCUT2D eigenvalue weighted by Crippen LogP contribution is -2.25. The van der Waals surface area contributed by atoms with Gasteiger partial charge >= 0.3 is 0 Å². The fourth-order valence-electron chi connectivity index (χ4n) is 3.63. The number of hydrogen-bond acceptors (Lipinski definition) is 3. The van der Waals surface area contributed by atoms with E-state index >= 15 is 0 Å². The smallest absolute Gasteiger partial charge is 0.0636 e. The molecule has 3 rings (SSSR count). The maximum absolute atomic E-state index is 6.25. The average molecular weight is 358 g/mol. The predicted octanol–water partition coefficient (Wildman–Crippen LogP) is 5.56. The van der Waals surface area contributed by atoms with Gasteiger partial charge in [0.05, 0.1) is 17.2 Å². The maximum Gasteiger partial charge on any atom is 0.0636 e. The van der Waals surface area contributed by atoms with Crippen LogP contribution in [0.3, 0.4) is 0 Å². The Morgan fingerprint density at radius 3 is 2.82 bits per heavy atom. The first-order chi connectivity index (χ1) is 10.6. The van der Waals surface area contributed by atoms with E-state index in [0.29, 0.717) is 21.2 Å². The van der Waals surface area contributed by atoms with Crippen LogP contribution in [0.25, 0.3) is 0 Å². The van der Waals surface area contributed by atoms with E-state index in [-0.39, 0.29) is 0 Å². The molecule has 22 heavy (non-hydrogen) atoms. The van der Waals surface area contributed by atoms with E-state index in [4.69, 9.17) is 28.0 Å². The van der Waals surface area contributed by atoms with Gasteiger partial charge in [-0.15, -0.1) is 0 Å². The fraction of sp³-hybridized carbons (Fsp3) is 0.529. The summed E-state index contributed by atoms with van der Waals surface area (Å²) in [6, 6.07) is 6.06. The van der Waals surface area contributed by atoms with Crippen LogP contribution in [0.4, 0.5) is 0 Å². The molecule has 3 atom stereocenters. The summed E-state index contributed by atoms with van der Waals surface area (Å²) in [7, 11) is 1.68. The van der Waals surface area contributed by atoms with Gasteiger partial charge < -0.3 is 0 Å². The molecule has 2 nitrogen and oxygen atoms in total. The molecule has 1 aromatic rings. The molecule has 2 bridgehead atoms. The molecule has 0 aliphatic carbocycles. The van der Waals surface area contributed by atoms with Gasteiger partial charge in [-0.05, 0) is 49.0 Å². The molecule has 1 unspecified atom stereocenters. The zero-order valence-corrected chi connectivity index (χ0v) is 15.2. The predicted molar refractivity (Wildman–Crippen MR) is 95.7 cm³/mol. The van der Waals surface area contributed by atoms with Crippen LogP contribution in [0.15, 0.2) is 29.5 Å². The van der Waals surface area contributed by atoms with Crippen LogP contribution in [-0.4, -0.2) is 17.6 Å². The van der Waals surface area contributed by atoms with E-state index in [0.717, 1.165) is 11.7 Å². The summed E-state index contributed by atoms with van der Waals surface area (Å²) in [6.45, 7) is 2.17. The van der Waals surface area contributed by atoms with E-state index in [9.17, 15) is 0 Å². The minimum absolute atomic E-state index is 0.408. The molecular weight excluding hydrogens is 337 g/mol. The first-order valence-electron chi connectivity index (χ1n) is 7.76. The molecule has 2 aliphatic rings. The molecule has 1 N–H and O–H groups in total. The summed E-state index contributed by atoms with van der Waals surface area (Å²) in [4.78, 5) is 5.22. The Kier molecular flexibility index (Phi) is 5.28. The number of nitrogens with one attached hydrogen (secondary N) is 1. The van der Waals surface area contributed by atoms with Gasteiger partial charge in [-0.1, -0.05) is 36.2 Å². The Labute approximate surface area is 146 Å². The van der Waals surface area contributed by atoms with Gasteiger partial charge in [0.25, 0.3) is 0 Å². The SMILES string of the molecule is CCC(NOC)=C1[C@H](c2ccc(Cl)c(Cl)c2)CC2CC[C@H]1S2. The largest absolute Gasteiger partial charge is 0.280 e. The van der Waals surface area contributed by atoms with Gasteiger partial charge in [-0.3, -0.25) is 10.3 Å². The highest BCUT2D eigenvalue weighted by atomic mass is 35.5. The summed E-state index contributed by atoms with van der Waals surface area (Å²) < 4.78 is 0. The van der Waals surface area contributed by atoms with Crippen LogP contribution in [0, 0.1) is 0 Å². The second-order valence-corrected chi connectivity index (χ2v) is 8.20. The van der Waals surface area contributed by atoms with Crippen molar-refractivity contribution in [1.29, 1.82) is 0 Å². The number of hydrogen-bond donors (Lipinski definition) is 1. The molecular formula is C17H21Cl2NOS. The van der Waals surface area contributed by atoms with Crippen LogP contribution in [-0.2, 0) is 4.84 Å². The number of thioether (sulfide) groups is 1. The summed E-state index contributed by atoms with van der Waals surface area (Å²) in [5, 5.41) is 2.61. The first-order valence-corrected chi connectivity index (χ1v) is 9.46. The number of fused-ring (bicyclic) bond motifs is 2. The van der Waals surface area contributed by atoms with E-state index in [1.165, 1.54) is 36.1 Å². The van der Waals surface area contributed by atoms with Crippen molar-refractivity contribution in [3.8, 4) is 0 Å². The lowest BCUT2D eigenvalue weighted by Gasteiger charge is -2.33.